The predicted octanol–water partition coefficient (Wildman–Crippen LogP) is 1.48. The molecule has 30 heavy (non-hydrogen) atoms. The number of hydrazine groups is 1. The summed E-state index contributed by atoms with van der Waals surface area (Å²) < 4.78 is 14.4. The maximum Gasteiger partial charge on any atom is 0.333 e. The molecule has 3 aromatic heterocycles. The third-order valence-corrected chi connectivity index (χ3v) is 5.72. The van der Waals surface area contributed by atoms with Crippen LogP contribution in [0.15, 0.2) is 41.6 Å². The molecule has 0 spiro atoms. The zero-order valence-electron chi connectivity index (χ0n) is 17.0. The SMILES string of the molecule is COc1cc2ncc3c(c2cc1C1CNNC1)n(-c1ccncc1OC)c(=O)n3C. The van der Waals surface area contributed by atoms with Crippen LogP contribution in [-0.2, 0) is 7.05 Å². The number of nitrogens with zero attached hydrogens (tertiary/aromatic N) is 4. The van der Waals surface area contributed by atoms with Crippen molar-refractivity contribution in [3.8, 4) is 17.2 Å². The zero-order valence-corrected chi connectivity index (χ0v) is 17.0. The van der Waals surface area contributed by atoms with E-state index in [4.69, 9.17) is 9.47 Å². The first-order chi connectivity index (χ1) is 14.6. The average Bonchev–Trinajstić information content (AvgIpc) is 3.40. The van der Waals surface area contributed by atoms with E-state index >= 15 is 0 Å². The lowest BCUT2D eigenvalue weighted by molar-refractivity contribution is 0.407. The molecule has 2 N–H and O–H groups in total. The van der Waals surface area contributed by atoms with Crippen LogP contribution in [0.1, 0.15) is 11.5 Å². The molecule has 0 amide bonds. The Hall–Kier alpha value is -3.43. The van der Waals surface area contributed by atoms with E-state index in [0.717, 1.165) is 46.3 Å². The molecule has 4 heterocycles. The Morgan fingerprint density at radius 2 is 1.87 bits per heavy atom. The topological polar surface area (TPSA) is 95.2 Å². The maximum absolute atomic E-state index is 13.2. The van der Waals surface area contributed by atoms with Crippen molar-refractivity contribution in [2.45, 2.75) is 5.92 Å². The fourth-order valence-corrected chi connectivity index (χ4v) is 4.16. The van der Waals surface area contributed by atoms with E-state index in [9.17, 15) is 4.79 Å². The Morgan fingerprint density at radius 3 is 2.60 bits per heavy atom. The van der Waals surface area contributed by atoms with Gasteiger partial charge in [0, 0.05) is 49.3 Å². The summed E-state index contributed by atoms with van der Waals surface area (Å²) in [6.45, 7) is 1.59. The Bertz CT molecular complexity index is 1320. The van der Waals surface area contributed by atoms with Gasteiger partial charge in [-0.15, -0.1) is 0 Å². The molecule has 9 heteroatoms. The van der Waals surface area contributed by atoms with Gasteiger partial charge in [0.25, 0.3) is 0 Å². The van der Waals surface area contributed by atoms with Crippen LogP contribution in [0, 0.1) is 0 Å². The van der Waals surface area contributed by atoms with Crippen molar-refractivity contribution in [2.75, 3.05) is 27.3 Å². The van der Waals surface area contributed by atoms with Crippen LogP contribution in [0.5, 0.6) is 11.5 Å². The molecule has 4 aromatic rings. The van der Waals surface area contributed by atoms with Gasteiger partial charge in [0.05, 0.1) is 48.9 Å². The number of fused-ring (bicyclic) bond motifs is 3. The number of aryl methyl sites for hydroxylation is 1. The van der Waals surface area contributed by atoms with Gasteiger partial charge in [0.2, 0.25) is 0 Å². The Kier molecular flexibility index (Phi) is 4.41. The number of benzene rings is 1. The van der Waals surface area contributed by atoms with Crippen LogP contribution in [0.25, 0.3) is 27.6 Å². The number of rotatable bonds is 4. The number of ether oxygens (including phenoxy) is 2. The van der Waals surface area contributed by atoms with E-state index in [1.807, 2.05) is 6.07 Å². The number of methoxy groups -OCH3 is 2. The molecular formula is C21H22N6O3. The minimum absolute atomic E-state index is 0.176. The summed E-state index contributed by atoms with van der Waals surface area (Å²) in [5.41, 5.74) is 10.1. The van der Waals surface area contributed by atoms with E-state index in [-0.39, 0.29) is 11.6 Å². The lowest BCUT2D eigenvalue weighted by atomic mass is 9.96. The van der Waals surface area contributed by atoms with E-state index in [2.05, 4.69) is 26.9 Å². The monoisotopic (exact) mass is 406 g/mol. The second kappa shape index (κ2) is 7.12. The molecular weight excluding hydrogens is 384 g/mol. The first kappa shape index (κ1) is 18.6. The fourth-order valence-electron chi connectivity index (χ4n) is 4.16. The Morgan fingerprint density at radius 1 is 1.10 bits per heavy atom. The summed E-state index contributed by atoms with van der Waals surface area (Å²) in [4.78, 5) is 22.0. The van der Waals surface area contributed by atoms with Crippen LogP contribution in [0.4, 0.5) is 0 Å². The van der Waals surface area contributed by atoms with Crippen molar-refractivity contribution < 1.29 is 9.47 Å². The second-order valence-electron chi connectivity index (χ2n) is 7.29. The summed E-state index contributed by atoms with van der Waals surface area (Å²) >= 11 is 0. The molecule has 0 atom stereocenters. The summed E-state index contributed by atoms with van der Waals surface area (Å²) in [7, 11) is 4.98. The van der Waals surface area contributed by atoms with Crippen LogP contribution in [-0.4, -0.2) is 46.4 Å². The number of nitrogens with one attached hydrogen (secondary N) is 2. The highest BCUT2D eigenvalue weighted by Crippen LogP contribution is 2.35. The molecule has 0 aliphatic carbocycles. The highest BCUT2D eigenvalue weighted by molar-refractivity contribution is 6.04. The third kappa shape index (κ3) is 2.66. The van der Waals surface area contributed by atoms with Crippen molar-refractivity contribution >= 4 is 21.9 Å². The minimum atomic E-state index is -0.176. The van der Waals surface area contributed by atoms with Gasteiger partial charge >= 0.3 is 5.69 Å². The normalized spacial score (nSPS) is 14.6. The summed E-state index contributed by atoms with van der Waals surface area (Å²) in [5, 5.41) is 0.881. The van der Waals surface area contributed by atoms with Gasteiger partial charge in [0.1, 0.15) is 5.75 Å². The molecule has 1 aliphatic heterocycles. The van der Waals surface area contributed by atoms with Gasteiger partial charge in [-0.2, -0.15) is 0 Å². The van der Waals surface area contributed by atoms with Gasteiger partial charge in [-0.25, -0.2) is 4.79 Å². The van der Waals surface area contributed by atoms with E-state index in [0.29, 0.717) is 11.4 Å². The Balaban J connectivity index is 1.90. The smallest absolute Gasteiger partial charge is 0.333 e. The second-order valence-corrected chi connectivity index (χ2v) is 7.29. The number of pyridine rings is 2. The molecule has 1 saturated heterocycles. The number of aromatic nitrogens is 4. The van der Waals surface area contributed by atoms with Crippen molar-refractivity contribution in [1.82, 2.24) is 30.0 Å². The third-order valence-electron chi connectivity index (χ3n) is 5.72. The van der Waals surface area contributed by atoms with Crippen LogP contribution in [0.3, 0.4) is 0 Å². The summed E-state index contributed by atoms with van der Waals surface area (Å²) in [6, 6.07) is 5.81. The molecule has 0 saturated carbocycles. The quantitative estimate of drug-likeness (QED) is 0.530. The van der Waals surface area contributed by atoms with Crippen molar-refractivity contribution in [1.29, 1.82) is 0 Å². The first-order valence-electron chi connectivity index (χ1n) is 9.66. The number of hydrogen-bond donors (Lipinski definition) is 2. The lowest BCUT2D eigenvalue weighted by Gasteiger charge is -2.15. The van der Waals surface area contributed by atoms with Gasteiger partial charge in [-0.1, -0.05) is 0 Å². The molecule has 1 fully saturated rings. The molecule has 154 valence electrons. The highest BCUT2D eigenvalue weighted by Gasteiger charge is 2.24. The molecule has 5 rings (SSSR count). The van der Waals surface area contributed by atoms with Gasteiger partial charge < -0.3 is 9.47 Å². The van der Waals surface area contributed by atoms with Crippen LogP contribution in [0.2, 0.25) is 0 Å². The summed E-state index contributed by atoms with van der Waals surface area (Å²) in [5.74, 6) is 1.56. The number of imidazole rings is 1. The molecule has 0 radical (unpaired) electrons. The molecule has 0 unspecified atom stereocenters. The van der Waals surface area contributed by atoms with E-state index in [1.165, 1.54) is 0 Å². The molecule has 1 aliphatic rings. The van der Waals surface area contributed by atoms with Crippen LogP contribution >= 0.6 is 0 Å². The summed E-state index contributed by atoms with van der Waals surface area (Å²) in [6.07, 6.45) is 4.98. The first-order valence-corrected chi connectivity index (χ1v) is 9.66. The van der Waals surface area contributed by atoms with Gasteiger partial charge in [-0.3, -0.25) is 30.0 Å². The predicted molar refractivity (Wildman–Crippen MR) is 113 cm³/mol. The Labute approximate surface area is 172 Å². The standard InChI is InChI=1S/C21H22N6O3/c1-26-17-10-23-15-7-18(29-2)13(12-8-24-25-9-12)6-14(15)20(17)27(21(26)28)16-4-5-22-11-19(16)30-3/h4-7,10-12,24-25H,8-9H2,1-3H3. The largest absolute Gasteiger partial charge is 0.496 e. The molecule has 1 aromatic carbocycles. The molecule has 9 nitrogen and oxygen atoms in total. The average molecular weight is 406 g/mol. The van der Waals surface area contributed by atoms with Gasteiger partial charge in [0.15, 0.2) is 5.75 Å². The van der Waals surface area contributed by atoms with Gasteiger partial charge in [-0.05, 0) is 12.1 Å². The highest BCUT2D eigenvalue weighted by atomic mass is 16.5. The lowest BCUT2D eigenvalue weighted by Crippen LogP contribution is -2.21. The maximum atomic E-state index is 13.2. The minimum Gasteiger partial charge on any atom is -0.496 e. The zero-order chi connectivity index (χ0) is 20.8. The van der Waals surface area contributed by atoms with Crippen LogP contribution < -0.4 is 26.0 Å². The fraction of sp³-hybridized carbons (Fsp3) is 0.286. The van der Waals surface area contributed by atoms with E-state index in [1.54, 1.807) is 55.1 Å². The molecule has 0 bridgehead atoms. The van der Waals surface area contributed by atoms with Crippen molar-refractivity contribution in [2.24, 2.45) is 7.05 Å². The van der Waals surface area contributed by atoms with E-state index < -0.39 is 0 Å². The number of hydrogen-bond acceptors (Lipinski definition) is 7. The van der Waals surface area contributed by atoms with Crippen molar-refractivity contribution in [3.05, 3.63) is 52.8 Å². The van der Waals surface area contributed by atoms with Crippen molar-refractivity contribution in [3.63, 3.8) is 0 Å².